The standard InChI is InChI=1S/C41H24N2O2/c1-2-12-28-25(10-1)11-9-15-30(28)41-42-34-16-5-6-17-35(34)43(41)27-22-20-26(21-23-27)32-24-33-29-13-3-7-18-36(29)44-40(33)38-31-14-4-8-19-37(31)45-39(32)38/h1-24H. The molecule has 4 nitrogen and oxygen atoms in total. The molecule has 7 aromatic carbocycles. The molecule has 0 saturated heterocycles. The van der Waals surface area contributed by atoms with Gasteiger partial charge in [0, 0.05) is 33.0 Å². The van der Waals surface area contributed by atoms with Crippen molar-refractivity contribution in [3.05, 3.63) is 146 Å². The lowest BCUT2D eigenvalue weighted by atomic mass is 9.98. The highest BCUT2D eigenvalue weighted by atomic mass is 16.3. The van der Waals surface area contributed by atoms with E-state index in [1.807, 2.05) is 30.3 Å². The van der Waals surface area contributed by atoms with E-state index in [9.17, 15) is 0 Å². The van der Waals surface area contributed by atoms with Crippen LogP contribution in [-0.4, -0.2) is 9.55 Å². The van der Waals surface area contributed by atoms with Crippen LogP contribution in [0.3, 0.4) is 0 Å². The van der Waals surface area contributed by atoms with Gasteiger partial charge in [0.2, 0.25) is 0 Å². The summed E-state index contributed by atoms with van der Waals surface area (Å²) in [6.45, 7) is 0. The van der Waals surface area contributed by atoms with Crippen LogP contribution >= 0.6 is 0 Å². The fourth-order valence-electron chi connectivity index (χ4n) is 6.96. The lowest BCUT2D eigenvalue weighted by Gasteiger charge is -2.13. The van der Waals surface area contributed by atoms with Crippen LogP contribution in [0.2, 0.25) is 0 Å². The zero-order chi connectivity index (χ0) is 29.5. The van der Waals surface area contributed by atoms with Crippen molar-refractivity contribution in [2.45, 2.75) is 0 Å². The highest BCUT2D eigenvalue weighted by Crippen LogP contribution is 2.44. The normalized spacial score (nSPS) is 12.0. The molecule has 0 aliphatic rings. The first kappa shape index (κ1) is 24.3. The number of rotatable bonds is 3. The van der Waals surface area contributed by atoms with Crippen LogP contribution < -0.4 is 0 Å². The number of furan rings is 2. The molecule has 0 bridgehead atoms. The minimum atomic E-state index is 0.833. The molecule has 0 saturated carbocycles. The van der Waals surface area contributed by atoms with Gasteiger partial charge in [0.25, 0.3) is 0 Å². The maximum atomic E-state index is 6.54. The first-order valence-electron chi connectivity index (χ1n) is 15.1. The first-order valence-corrected chi connectivity index (χ1v) is 15.1. The molecule has 0 aliphatic heterocycles. The molecule has 45 heavy (non-hydrogen) atoms. The van der Waals surface area contributed by atoms with Crippen LogP contribution in [0.5, 0.6) is 0 Å². The largest absolute Gasteiger partial charge is 0.455 e. The molecular formula is C41H24N2O2. The SMILES string of the molecule is c1ccc2c(-c3nc4ccccc4n3-c3ccc(-c4cc5c6ccccc6oc5c5c4oc4ccccc45)cc3)cccc2c1. The van der Waals surface area contributed by atoms with E-state index < -0.39 is 0 Å². The van der Waals surface area contributed by atoms with Gasteiger partial charge in [0.1, 0.15) is 28.2 Å². The van der Waals surface area contributed by atoms with E-state index >= 15 is 0 Å². The molecule has 10 rings (SSSR count). The van der Waals surface area contributed by atoms with Crippen LogP contribution in [0.15, 0.2) is 154 Å². The van der Waals surface area contributed by atoms with Gasteiger partial charge >= 0.3 is 0 Å². The Bertz CT molecular complexity index is 2760. The smallest absolute Gasteiger partial charge is 0.147 e. The van der Waals surface area contributed by atoms with Gasteiger partial charge in [-0.25, -0.2) is 4.98 Å². The Morgan fingerprint density at radius 2 is 1.16 bits per heavy atom. The third kappa shape index (κ3) is 3.51. The van der Waals surface area contributed by atoms with Gasteiger partial charge in [-0.05, 0) is 58.8 Å². The summed E-state index contributed by atoms with van der Waals surface area (Å²) in [6.07, 6.45) is 0. The van der Waals surface area contributed by atoms with Crippen molar-refractivity contribution in [2.75, 3.05) is 0 Å². The molecule has 0 aliphatic carbocycles. The van der Waals surface area contributed by atoms with Crippen LogP contribution in [0.25, 0.3) is 93.9 Å². The predicted molar refractivity (Wildman–Crippen MR) is 184 cm³/mol. The van der Waals surface area contributed by atoms with Crippen LogP contribution in [0.4, 0.5) is 0 Å². The Morgan fingerprint density at radius 3 is 2.02 bits per heavy atom. The summed E-state index contributed by atoms with van der Waals surface area (Å²) in [7, 11) is 0. The zero-order valence-electron chi connectivity index (χ0n) is 24.1. The second-order valence-corrected chi connectivity index (χ2v) is 11.5. The second-order valence-electron chi connectivity index (χ2n) is 11.5. The molecule has 0 N–H and O–H groups in total. The molecule has 4 heteroatoms. The van der Waals surface area contributed by atoms with Crippen molar-refractivity contribution in [3.63, 3.8) is 0 Å². The van der Waals surface area contributed by atoms with Gasteiger partial charge in [-0.2, -0.15) is 0 Å². The van der Waals surface area contributed by atoms with E-state index in [0.29, 0.717) is 0 Å². The maximum Gasteiger partial charge on any atom is 0.147 e. The lowest BCUT2D eigenvalue weighted by Crippen LogP contribution is -1.98. The average molecular weight is 577 g/mol. The molecule has 0 spiro atoms. The summed E-state index contributed by atoms with van der Waals surface area (Å²) < 4.78 is 15.3. The third-order valence-electron chi connectivity index (χ3n) is 9.02. The number of fused-ring (bicyclic) bond motifs is 9. The highest BCUT2D eigenvalue weighted by molar-refractivity contribution is 6.25. The summed E-state index contributed by atoms with van der Waals surface area (Å²) in [5, 5.41) is 6.63. The Hall–Kier alpha value is -6.13. The van der Waals surface area contributed by atoms with Crippen molar-refractivity contribution < 1.29 is 8.83 Å². The van der Waals surface area contributed by atoms with E-state index in [4.69, 9.17) is 13.8 Å². The topological polar surface area (TPSA) is 44.1 Å². The Labute approximate surface area is 257 Å². The zero-order valence-corrected chi connectivity index (χ0v) is 24.1. The number of benzene rings is 7. The van der Waals surface area contributed by atoms with E-state index in [1.54, 1.807) is 0 Å². The Balaban J connectivity index is 1.21. The van der Waals surface area contributed by atoms with Crippen molar-refractivity contribution in [2.24, 2.45) is 0 Å². The van der Waals surface area contributed by atoms with E-state index in [1.165, 1.54) is 10.8 Å². The number of para-hydroxylation sites is 4. The maximum absolute atomic E-state index is 6.54. The van der Waals surface area contributed by atoms with E-state index in [-0.39, 0.29) is 0 Å². The fraction of sp³-hybridized carbons (Fsp3) is 0. The molecule has 0 atom stereocenters. The third-order valence-corrected chi connectivity index (χ3v) is 9.02. The molecule has 10 aromatic rings. The summed E-state index contributed by atoms with van der Waals surface area (Å²) in [4.78, 5) is 5.15. The fourth-order valence-corrected chi connectivity index (χ4v) is 6.96. The van der Waals surface area contributed by atoms with Gasteiger partial charge in [-0.1, -0.05) is 103 Å². The second kappa shape index (κ2) is 9.18. The molecular weight excluding hydrogens is 552 g/mol. The summed E-state index contributed by atoms with van der Waals surface area (Å²) >= 11 is 0. The van der Waals surface area contributed by atoms with Gasteiger partial charge in [-0.15, -0.1) is 0 Å². The molecule has 0 radical (unpaired) electrons. The van der Waals surface area contributed by atoms with Crippen molar-refractivity contribution in [1.29, 1.82) is 0 Å². The van der Waals surface area contributed by atoms with Crippen molar-refractivity contribution in [3.8, 4) is 28.2 Å². The number of aromatic nitrogens is 2. The van der Waals surface area contributed by atoms with Gasteiger partial charge in [0.05, 0.1) is 16.4 Å². The number of nitrogens with zero attached hydrogens (tertiary/aromatic N) is 2. The van der Waals surface area contributed by atoms with E-state index in [0.717, 1.165) is 83.1 Å². The van der Waals surface area contributed by atoms with Crippen LogP contribution in [0, 0.1) is 0 Å². The number of hydrogen-bond donors (Lipinski definition) is 0. The number of hydrogen-bond acceptors (Lipinski definition) is 3. The molecule has 0 fully saturated rings. The molecule has 210 valence electrons. The van der Waals surface area contributed by atoms with Gasteiger partial charge in [0.15, 0.2) is 0 Å². The van der Waals surface area contributed by atoms with Crippen LogP contribution in [0.1, 0.15) is 0 Å². The molecule has 0 amide bonds. The first-order chi connectivity index (χ1) is 22.3. The molecule has 3 heterocycles. The van der Waals surface area contributed by atoms with Crippen LogP contribution in [-0.2, 0) is 0 Å². The van der Waals surface area contributed by atoms with Gasteiger partial charge in [-0.3, -0.25) is 4.57 Å². The minimum Gasteiger partial charge on any atom is -0.455 e. The molecule has 0 unspecified atom stereocenters. The Morgan fingerprint density at radius 1 is 0.489 bits per heavy atom. The summed E-state index contributed by atoms with van der Waals surface area (Å²) in [5.41, 5.74) is 9.72. The number of imidazole rings is 1. The minimum absolute atomic E-state index is 0.833. The van der Waals surface area contributed by atoms with E-state index in [2.05, 4.69) is 120 Å². The van der Waals surface area contributed by atoms with Crippen molar-refractivity contribution in [1.82, 2.24) is 9.55 Å². The Kier molecular flexibility index (Phi) is 4.96. The van der Waals surface area contributed by atoms with Crippen molar-refractivity contribution >= 4 is 65.7 Å². The highest BCUT2D eigenvalue weighted by Gasteiger charge is 2.21. The lowest BCUT2D eigenvalue weighted by molar-refractivity contribution is 0.663. The molecule has 3 aromatic heterocycles. The monoisotopic (exact) mass is 576 g/mol. The average Bonchev–Trinajstić information content (AvgIpc) is 3.79. The quantitative estimate of drug-likeness (QED) is 0.210. The summed E-state index contributed by atoms with van der Waals surface area (Å²) in [6, 6.07) is 50.7. The summed E-state index contributed by atoms with van der Waals surface area (Å²) in [5.74, 6) is 0.923. The van der Waals surface area contributed by atoms with Gasteiger partial charge < -0.3 is 8.83 Å². The predicted octanol–water partition coefficient (Wildman–Crippen LogP) is 11.3.